The molecule has 0 radical (unpaired) electrons. The number of aromatic nitrogens is 2. The lowest BCUT2D eigenvalue weighted by atomic mass is 10.2. The van der Waals surface area contributed by atoms with Crippen molar-refractivity contribution in [2.75, 3.05) is 16.8 Å². The van der Waals surface area contributed by atoms with Crippen LogP contribution in [-0.4, -0.2) is 38.7 Å². The summed E-state index contributed by atoms with van der Waals surface area (Å²) in [6.45, 7) is 1.99. The number of benzene rings is 1. The van der Waals surface area contributed by atoms with Crippen LogP contribution in [0.2, 0.25) is 0 Å². The van der Waals surface area contributed by atoms with Crippen molar-refractivity contribution in [3.05, 3.63) is 29.8 Å². The highest BCUT2D eigenvalue weighted by molar-refractivity contribution is 8.15. The molecule has 0 bridgehead atoms. The lowest BCUT2D eigenvalue weighted by Crippen LogP contribution is -2.19. The summed E-state index contributed by atoms with van der Waals surface area (Å²) in [5.74, 6) is 0.444. The van der Waals surface area contributed by atoms with E-state index >= 15 is 0 Å². The summed E-state index contributed by atoms with van der Waals surface area (Å²) in [6.07, 6.45) is 0. The van der Waals surface area contributed by atoms with Crippen molar-refractivity contribution in [3.8, 4) is 0 Å². The monoisotopic (exact) mass is 379 g/mol. The van der Waals surface area contributed by atoms with Gasteiger partial charge in [0.2, 0.25) is 16.9 Å². The van der Waals surface area contributed by atoms with Crippen LogP contribution in [0.25, 0.3) is 0 Å². The van der Waals surface area contributed by atoms with Crippen LogP contribution >= 0.6 is 34.9 Å². The minimum Gasteiger partial charge on any atom is -0.325 e. The van der Waals surface area contributed by atoms with Crippen molar-refractivity contribution in [1.29, 1.82) is 0 Å². The maximum Gasteiger partial charge on any atom is 0.236 e. The Bertz CT molecular complexity index is 788. The van der Waals surface area contributed by atoms with E-state index in [1.54, 1.807) is 0 Å². The van der Waals surface area contributed by atoms with Gasteiger partial charge in [-0.1, -0.05) is 52.6 Å². The van der Waals surface area contributed by atoms with Gasteiger partial charge in [0.05, 0.1) is 11.5 Å². The fraction of sp³-hybridized carbons (Fsp3) is 0.214. The molecule has 1 saturated heterocycles. The first-order valence-electron chi connectivity index (χ1n) is 6.92. The van der Waals surface area contributed by atoms with E-state index in [-0.39, 0.29) is 17.6 Å². The molecule has 0 aliphatic carbocycles. The highest BCUT2D eigenvalue weighted by Crippen LogP contribution is 2.28. The van der Waals surface area contributed by atoms with E-state index in [0.29, 0.717) is 20.4 Å². The lowest BCUT2D eigenvalue weighted by molar-refractivity contribution is -0.117. The van der Waals surface area contributed by atoms with Crippen molar-refractivity contribution in [2.24, 2.45) is 4.99 Å². The summed E-state index contributed by atoms with van der Waals surface area (Å²) in [5, 5.41) is 14.4. The summed E-state index contributed by atoms with van der Waals surface area (Å²) >= 11 is 3.91. The van der Waals surface area contributed by atoms with Crippen molar-refractivity contribution in [2.45, 2.75) is 11.3 Å². The van der Waals surface area contributed by atoms with Crippen LogP contribution in [0.15, 0.2) is 33.6 Å². The Kier molecular flexibility index (Phi) is 5.48. The van der Waals surface area contributed by atoms with E-state index < -0.39 is 0 Å². The molecule has 24 heavy (non-hydrogen) atoms. The van der Waals surface area contributed by atoms with Gasteiger partial charge < -0.3 is 10.6 Å². The summed E-state index contributed by atoms with van der Waals surface area (Å²) in [6, 6.07) is 7.62. The number of rotatable bonds is 5. The SMILES string of the molecule is Cc1ccc(NC(=O)CSc2nnc(/N=C3\NC(=O)CS3)s2)cc1. The molecule has 1 aromatic heterocycles. The van der Waals surface area contributed by atoms with Gasteiger partial charge >= 0.3 is 0 Å². The molecule has 2 heterocycles. The topological polar surface area (TPSA) is 96.3 Å². The number of aliphatic imine (C=N–C) groups is 1. The summed E-state index contributed by atoms with van der Waals surface area (Å²) in [5.41, 5.74) is 1.91. The second kappa shape index (κ2) is 7.77. The van der Waals surface area contributed by atoms with Crippen LogP contribution in [0, 0.1) is 6.92 Å². The van der Waals surface area contributed by atoms with E-state index in [0.717, 1.165) is 11.3 Å². The first kappa shape index (κ1) is 16.9. The zero-order valence-corrected chi connectivity index (χ0v) is 15.1. The van der Waals surface area contributed by atoms with Gasteiger partial charge in [0, 0.05) is 5.69 Å². The molecular weight excluding hydrogens is 366 g/mol. The number of aryl methyl sites for hydroxylation is 1. The Hall–Kier alpha value is -1.91. The quantitative estimate of drug-likeness (QED) is 0.775. The largest absolute Gasteiger partial charge is 0.325 e. The van der Waals surface area contributed by atoms with Crippen LogP contribution in [0.5, 0.6) is 0 Å². The maximum absolute atomic E-state index is 11.9. The predicted molar refractivity (Wildman–Crippen MR) is 98.1 cm³/mol. The fourth-order valence-corrected chi connectivity index (χ4v) is 3.99. The molecule has 2 amide bonds. The van der Waals surface area contributed by atoms with E-state index in [9.17, 15) is 9.59 Å². The first-order chi connectivity index (χ1) is 11.6. The Morgan fingerprint density at radius 1 is 1.38 bits per heavy atom. The summed E-state index contributed by atoms with van der Waals surface area (Å²) in [7, 11) is 0. The molecule has 1 aliphatic heterocycles. The van der Waals surface area contributed by atoms with Gasteiger partial charge in [0.25, 0.3) is 0 Å². The van der Waals surface area contributed by atoms with Gasteiger partial charge in [0.1, 0.15) is 0 Å². The van der Waals surface area contributed by atoms with Gasteiger partial charge in [-0.05, 0) is 19.1 Å². The average molecular weight is 379 g/mol. The molecule has 0 unspecified atom stereocenters. The third-order valence-corrected chi connectivity index (χ3v) is 5.67. The normalized spacial score (nSPS) is 15.5. The van der Waals surface area contributed by atoms with Crippen LogP contribution in [-0.2, 0) is 9.59 Å². The molecule has 1 fully saturated rings. The Balaban J connectivity index is 1.50. The summed E-state index contributed by atoms with van der Waals surface area (Å²) in [4.78, 5) is 27.3. The van der Waals surface area contributed by atoms with E-state index in [2.05, 4.69) is 25.8 Å². The molecular formula is C14H13N5O2S3. The highest BCUT2D eigenvalue weighted by Gasteiger charge is 2.17. The summed E-state index contributed by atoms with van der Waals surface area (Å²) < 4.78 is 0.655. The number of anilines is 1. The lowest BCUT2D eigenvalue weighted by Gasteiger charge is -2.04. The zero-order chi connectivity index (χ0) is 16.9. The number of carbonyl (C=O) groups is 2. The molecule has 2 aromatic rings. The molecule has 0 saturated carbocycles. The highest BCUT2D eigenvalue weighted by atomic mass is 32.2. The van der Waals surface area contributed by atoms with Crippen molar-refractivity contribution in [3.63, 3.8) is 0 Å². The van der Waals surface area contributed by atoms with Crippen LogP contribution in [0.3, 0.4) is 0 Å². The van der Waals surface area contributed by atoms with Crippen molar-refractivity contribution < 1.29 is 9.59 Å². The maximum atomic E-state index is 11.9. The second-order valence-electron chi connectivity index (χ2n) is 4.81. The average Bonchev–Trinajstić information content (AvgIpc) is 3.17. The van der Waals surface area contributed by atoms with E-state index in [1.807, 2.05) is 31.2 Å². The standard InChI is InChI=1S/C14H13N5O2S3/c1-8-2-4-9(5-3-8)15-10(20)7-23-14-19-18-13(24-14)17-12-16-11(21)6-22-12/h2-5H,6-7H2,1H3,(H,15,20)(H,16,17,18,21). The Morgan fingerprint density at radius 2 is 2.17 bits per heavy atom. The Morgan fingerprint density at radius 3 is 2.88 bits per heavy atom. The molecule has 7 nitrogen and oxygen atoms in total. The van der Waals surface area contributed by atoms with Gasteiger partial charge in [-0.15, -0.1) is 10.2 Å². The van der Waals surface area contributed by atoms with E-state index in [4.69, 9.17) is 0 Å². The number of nitrogens with one attached hydrogen (secondary N) is 2. The molecule has 1 aliphatic rings. The molecule has 1 aromatic carbocycles. The first-order valence-corrected chi connectivity index (χ1v) is 9.71. The number of hydrogen-bond donors (Lipinski definition) is 2. The minimum absolute atomic E-state index is 0.0642. The molecule has 10 heteroatoms. The van der Waals surface area contributed by atoms with Gasteiger partial charge in [-0.25, -0.2) is 0 Å². The molecule has 3 rings (SSSR count). The third kappa shape index (κ3) is 4.79. The smallest absolute Gasteiger partial charge is 0.236 e. The number of carbonyl (C=O) groups excluding carboxylic acids is 2. The van der Waals surface area contributed by atoms with Gasteiger partial charge in [-0.2, -0.15) is 4.99 Å². The van der Waals surface area contributed by atoms with Crippen LogP contribution < -0.4 is 10.6 Å². The minimum atomic E-state index is -0.106. The number of nitrogens with zero attached hydrogens (tertiary/aromatic N) is 3. The number of amidine groups is 1. The predicted octanol–water partition coefficient (Wildman–Crippen LogP) is 2.43. The van der Waals surface area contributed by atoms with Gasteiger partial charge in [0.15, 0.2) is 9.51 Å². The molecule has 2 N–H and O–H groups in total. The second-order valence-corrected chi connectivity index (χ2v) is 7.95. The number of thioether (sulfide) groups is 2. The number of hydrogen-bond acceptors (Lipinski definition) is 8. The molecule has 0 atom stereocenters. The van der Waals surface area contributed by atoms with Crippen LogP contribution in [0.1, 0.15) is 5.56 Å². The Labute approximate surface area is 150 Å². The van der Waals surface area contributed by atoms with Crippen molar-refractivity contribution in [1.82, 2.24) is 15.5 Å². The molecule has 124 valence electrons. The third-order valence-electron chi connectivity index (χ3n) is 2.84. The zero-order valence-electron chi connectivity index (χ0n) is 12.6. The molecule has 0 spiro atoms. The number of amides is 2. The van der Waals surface area contributed by atoms with Crippen molar-refractivity contribution >= 4 is 62.7 Å². The fourth-order valence-electron chi connectivity index (χ4n) is 1.74. The van der Waals surface area contributed by atoms with E-state index in [1.165, 1.54) is 34.9 Å². The van der Waals surface area contributed by atoms with Gasteiger partial charge in [-0.3, -0.25) is 9.59 Å². The van der Waals surface area contributed by atoms with Crippen LogP contribution in [0.4, 0.5) is 10.8 Å².